The number of hydrogen-bond donors (Lipinski definition) is 1. The molecule has 4 heteroatoms. The number of imidazole rings is 1. The maximum absolute atomic E-state index is 13.1. The molecule has 13 aromatic rings. The zero-order valence-electron chi connectivity index (χ0n) is 45.6. The van der Waals surface area contributed by atoms with Crippen molar-refractivity contribution in [3.8, 4) is 112 Å². The maximum atomic E-state index is 13.1. The number of phenolic OH excluding ortho intramolecular Hbond substituents is 1. The minimum Gasteiger partial charge on any atom is -0.507 e. The van der Waals surface area contributed by atoms with Gasteiger partial charge in [-0.15, -0.1) is 0 Å². The summed E-state index contributed by atoms with van der Waals surface area (Å²) in [7, 11) is 0. The van der Waals surface area contributed by atoms with E-state index in [0.29, 0.717) is 17.0 Å². The summed E-state index contributed by atoms with van der Waals surface area (Å²) in [6, 6.07) is 97.3. The van der Waals surface area contributed by atoms with Crippen LogP contribution in [0.2, 0.25) is 0 Å². The number of pyridine rings is 1. The van der Waals surface area contributed by atoms with E-state index >= 15 is 0 Å². The summed E-state index contributed by atoms with van der Waals surface area (Å²) in [5.41, 5.74) is 22.1. The summed E-state index contributed by atoms with van der Waals surface area (Å²) in [4.78, 5) is 10.8. The quantitative estimate of drug-likeness (QED) is 0.125. The van der Waals surface area contributed by atoms with Gasteiger partial charge >= 0.3 is 0 Å². The molecule has 0 radical (unpaired) electrons. The Morgan fingerprint density at radius 3 is 1.52 bits per heavy atom. The van der Waals surface area contributed by atoms with Crippen LogP contribution >= 0.6 is 0 Å². The second kappa shape index (κ2) is 21.7. The lowest BCUT2D eigenvalue weighted by Crippen LogP contribution is -2.04. The lowest BCUT2D eigenvalue weighted by Gasteiger charge is -2.22. The molecule has 11 aromatic carbocycles. The molecule has 0 unspecified atom stereocenters. The molecule has 2 heterocycles. The molecule has 1 N–H and O–H groups in total. The highest BCUT2D eigenvalue weighted by Crippen LogP contribution is 2.48. The van der Waals surface area contributed by atoms with Crippen LogP contribution < -0.4 is 0 Å². The number of hydrogen-bond acceptors (Lipinski definition) is 3. The van der Waals surface area contributed by atoms with Gasteiger partial charge in [-0.1, -0.05) is 244 Å². The Kier molecular flexibility index (Phi) is 13.1. The highest BCUT2D eigenvalue weighted by molar-refractivity contribution is 6.01. The minimum atomic E-state index is -0.951. The molecule has 0 saturated heterocycles. The van der Waals surface area contributed by atoms with Crippen molar-refractivity contribution in [2.24, 2.45) is 0 Å². The van der Waals surface area contributed by atoms with E-state index in [1.54, 1.807) is 0 Å². The predicted octanol–water partition coefficient (Wildman–Crippen LogP) is 19.8. The van der Waals surface area contributed by atoms with Crippen molar-refractivity contribution in [1.82, 2.24) is 14.5 Å². The molecule has 0 aliphatic heterocycles. The Morgan fingerprint density at radius 1 is 0.388 bits per heavy atom. The van der Waals surface area contributed by atoms with Crippen LogP contribution in [0.4, 0.5) is 0 Å². The number of benzene rings is 11. The van der Waals surface area contributed by atoms with Gasteiger partial charge in [-0.3, -0.25) is 9.55 Å². The molecule has 0 aliphatic carbocycles. The first-order valence-corrected chi connectivity index (χ1v) is 27.3. The molecule has 0 spiro atoms. The van der Waals surface area contributed by atoms with Gasteiger partial charge in [-0.25, -0.2) is 4.98 Å². The zero-order valence-corrected chi connectivity index (χ0v) is 44.6. The van der Waals surface area contributed by atoms with Gasteiger partial charge < -0.3 is 5.11 Å². The van der Waals surface area contributed by atoms with E-state index in [0.717, 1.165) is 112 Å². The fraction of sp³-hybridized carbons (Fsp3) is 0.0526. The summed E-state index contributed by atoms with van der Waals surface area (Å²) in [5.74, 6) is -0.246. The number of aromatic hydroxyl groups is 1. The molecule has 0 aliphatic rings. The van der Waals surface area contributed by atoms with Gasteiger partial charge in [0.05, 0.1) is 28.0 Å². The fourth-order valence-corrected chi connectivity index (χ4v) is 11.3. The third kappa shape index (κ3) is 9.69. The van der Waals surface area contributed by atoms with Gasteiger partial charge in [-0.2, -0.15) is 0 Å². The molecule has 382 valence electrons. The van der Waals surface area contributed by atoms with Gasteiger partial charge in [0, 0.05) is 35.4 Å². The molecular formula is C76H57N3O. The third-order valence-corrected chi connectivity index (χ3v) is 15.3. The van der Waals surface area contributed by atoms with Crippen molar-refractivity contribution >= 4 is 11.0 Å². The van der Waals surface area contributed by atoms with Crippen molar-refractivity contribution in [1.29, 1.82) is 0 Å². The van der Waals surface area contributed by atoms with E-state index in [4.69, 9.17) is 9.97 Å². The van der Waals surface area contributed by atoms with E-state index in [1.807, 2.05) is 68.6 Å². The first-order valence-electron chi connectivity index (χ1n) is 27.8. The monoisotopic (exact) mass is 1030 g/mol. The number of aromatic nitrogens is 3. The average Bonchev–Trinajstić information content (AvgIpc) is 4.17. The highest BCUT2D eigenvalue weighted by atomic mass is 16.3. The predicted molar refractivity (Wildman–Crippen MR) is 333 cm³/mol. The van der Waals surface area contributed by atoms with E-state index in [-0.39, 0.29) is 5.75 Å². The lowest BCUT2D eigenvalue weighted by molar-refractivity contribution is 0.479. The SMILES string of the molecule is [2H]C(C)(C)c1cc(-c2cc(-c3ccc(Cc4ccccc4)cc3)ccn2)cc(-c2cccc3c2nc(-c2cccc(-c4ccccc4-c4ccccc4)c2O)n3-c2c(-c3ccccc3)cc(-c3ccccc3)cc2-c2ccccc2)c1. The first-order chi connectivity index (χ1) is 39.7. The summed E-state index contributed by atoms with van der Waals surface area (Å²) < 4.78 is 11.8. The van der Waals surface area contributed by atoms with Crippen molar-refractivity contribution in [2.75, 3.05) is 0 Å². The molecule has 2 aromatic heterocycles. The van der Waals surface area contributed by atoms with Gasteiger partial charge in [-0.05, 0) is 133 Å². The van der Waals surface area contributed by atoms with Gasteiger partial charge in [0.25, 0.3) is 0 Å². The normalized spacial score (nSPS) is 11.7. The molecule has 80 heavy (non-hydrogen) atoms. The fourth-order valence-electron chi connectivity index (χ4n) is 11.3. The number of para-hydroxylation sites is 2. The van der Waals surface area contributed by atoms with Crippen LogP contribution in [-0.2, 0) is 6.42 Å². The number of phenols is 1. The first kappa shape index (κ1) is 48.2. The Bertz CT molecular complexity index is 4320. The highest BCUT2D eigenvalue weighted by Gasteiger charge is 2.27. The van der Waals surface area contributed by atoms with Crippen LogP contribution in [0.3, 0.4) is 0 Å². The maximum Gasteiger partial charge on any atom is 0.149 e. The van der Waals surface area contributed by atoms with Crippen LogP contribution in [0.25, 0.3) is 117 Å². The van der Waals surface area contributed by atoms with Crippen molar-refractivity contribution in [3.05, 3.63) is 302 Å². The van der Waals surface area contributed by atoms with Crippen molar-refractivity contribution in [3.63, 3.8) is 0 Å². The summed E-state index contributed by atoms with van der Waals surface area (Å²) in [6.45, 7) is 3.87. The smallest absolute Gasteiger partial charge is 0.149 e. The Morgan fingerprint density at radius 2 is 0.887 bits per heavy atom. The molecular weight excluding hydrogens is 971 g/mol. The Hall–Kier alpha value is -10.2. The zero-order chi connectivity index (χ0) is 54.9. The van der Waals surface area contributed by atoms with E-state index in [9.17, 15) is 6.48 Å². The average molecular weight is 1030 g/mol. The van der Waals surface area contributed by atoms with Crippen LogP contribution in [0.5, 0.6) is 5.75 Å². The van der Waals surface area contributed by atoms with E-state index in [1.165, 1.54) is 11.1 Å². The van der Waals surface area contributed by atoms with E-state index < -0.39 is 5.89 Å². The minimum absolute atomic E-state index is 0.124. The molecule has 0 fully saturated rings. The van der Waals surface area contributed by atoms with E-state index in [2.05, 4.69) is 235 Å². The molecule has 0 atom stereocenters. The van der Waals surface area contributed by atoms with Gasteiger partial charge in [0.15, 0.2) is 0 Å². The van der Waals surface area contributed by atoms with Crippen LogP contribution in [0, 0.1) is 0 Å². The third-order valence-electron chi connectivity index (χ3n) is 15.3. The van der Waals surface area contributed by atoms with Crippen LogP contribution in [0.1, 0.15) is 37.8 Å². The Balaban J connectivity index is 1.05. The van der Waals surface area contributed by atoms with Crippen LogP contribution in [-0.4, -0.2) is 19.6 Å². The second-order valence-electron chi connectivity index (χ2n) is 20.7. The molecule has 0 bridgehead atoms. The number of nitrogens with zero attached hydrogens (tertiary/aromatic N) is 3. The summed E-state index contributed by atoms with van der Waals surface area (Å²) in [5, 5.41) is 13.1. The molecule has 0 amide bonds. The largest absolute Gasteiger partial charge is 0.507 e. The molecule has 0 saturated carbocycles. The number of fused-ring (bicyclic) bond motifs is 1. The van der Waals surface area contributed by atoms with Gasteiger partial charge in [0.2, 0.25) is 0 Å². The molecule has 4 nitrogen and oxygen atoms in total. The van der Waals surface area contributed by atoms with Crippen molar-refractivity contribution in [2.45, 2.75) is 26.2 Å². The van der Waals surface area contributed by atoms with Gasteiger partial charge in [0.1, 0.15) is 11.6 Å². The standard InChI is InChI=1S/C76H57N3O/c1-51(2)60-45-62(47-63(46-60)71-50-59(42-43-77-71)55-40-38-53(39-41-55)44-52-22-8-3-9-23-52)65-34-21-37-72-73(65)78-76(68-36-20-35-67(75(68)80)66-33-19-18-32-64(66)56-26-12-5-13-27-56)79(72)74-69(57-28-14-6-15-29-57)48-61(54-24-10-4-11-25-54)49-70(74)58-30-16-7-17-31-58/h3-43,45-51,80H,44H2,1-2H3/i51D. The Labute approximate surface area is 469 Å². The second-order valence-corrected chi connectivity index (χ2v) is 20.7. The van der Waals surface area contributed by atoms with Crippen LogP contribution in [0.15, 0.2) is 285 Å². The topological polar surface area (TPSA) is 50.9 Å². The summed E-state index contributed by atoms with van der Waals surface area (Å²) >= 11 is 0. The molecule has 13 rings (SSSR count). The van der Waals surface area contributed by atoms with Crippen molar-refractivity contribution < 1.29 is 6.48 Å². The summed E-state index contributed by atoms with van der Waals surface area (Å²) in [6.07, 6.45) is 2.75. The number of rotatable bonds is 13. The lowest BCUT2D eigenvalue weighted by atomic mass is 9.90.